The smallest absolute Gasteiger partial charge is 0.150 e. The first kappa shape index (κ1) is 12.7. The molecule has 3 heteroatoms. The van der Waals surface area contributed by atoms with Crippen LogP contribution < -0.4 is 4.74 Å². The van der Waals surface area contributed by atoms with Crippen molar-refractivity contribution < 1.29 is 9.53 Å². The summed E-state index contributed by atoms with van der Waals surface area (Å²) in [5, 5.41) is 0.562. The molecule has 18 heavy (non-hydrogen) atoms. The number of hydrogen-bond acceptors (Lipinski definition) is 2. The maximum atomic E-state index is 11.1. The van der Waals surface area contributed by atoms with Crippen molar-refractivity contribution in [2.75, 3.05) is 7.11 Å². The molecule has 0 unspecified atom stereocenters. The van der Waals surface area contributed by atoms with E-state index in [-0.39, 0.29) is 0 Å². The summed E-state index contributed by atoms with van der Waals surface area (Å²) in [5.74, 6) is 0.804. The predicted molar refractivity (Wildman–Crippen MR) is 73.6 cm³/mol. The number of aryl methyl sites for hydroxylation is 1. The van der Waals surface area contributed by atoms with E-state index in [1.165, 1.54) is 0 Å². The second-order valence-corrected chi connectivity index (χ2v) is 4.47. The number of hydrogen-bond donors (Lipinski definition) is 0. The van der Waals surface area contributed by atoms with Gasteiger partial charge in [-0.1, -0.05) is 23.7 Å². The van der Waals surface area contributed by atoms with Crippen molar-refractivity contribution in [1.82, 2.24) is 0 Å². The van der Waals surface area contributed by atoms with Crippen molar-refractivity contribution in [1.29, 1.82) is 0 Å². The van der Waals surface area contributed by atoms with E-state index in [2.05, 4.69) is 0 Å². The largest absolute Gasteiger partial charge is 0.497 e. The summed E-state index contributed by atoms with van der Waals surface area (Å²) in [6, 6.07) is 11.1. The predicted octanol–water partition coefficient (Wildman–Crippen LogP) is 4.14. The van der Waals surface area contributed by atoms with E-state index in [1.807, 2.05) is 31.2 Å². The topological polar surface area (TPSA) is 26.3 Å². The maximum Gasteiger partial charge on any atom is 0.150 e. The van der Waals surface area contributed by atoms with Gasteiger partial charge in [0.1, 0.15) is 5.75 Å². The minimum atomic E-state index is 0.562. The summed E-state index contributed by atoms with van der Waals surface area (Å²) >= 11 is 5.89. The first-order valence-corrected chi connectivity index (χ1v) is 5.93. The van der Waals surface area contributed by atoms with Crippen LogP contribution in [0.15, 0.2) is 36.4 Å². The lowest BCUT2D eigenvalue weighted by Crippen LogP contribution is -1.91. The van der Waals surface area contributed by atoms with Crippen molar-refractivity contribution in [3.63, 3.8) is 0 Å². The normalized spacial score (nSPS) is 10.2. The molecule has 0 saturated carbocycles. The Bertz CT molecular complexity index is 591. The van der Waals surface area contributed by atoms with E-state index < -0.39 is 0 Å². The Labute approximate surface area is 111 Å². The second-order valence-electron chi connectivity index (χ2n) is 4.03. The molecule has 0 saturated heterocycles. The Morgan fingerprint density at radius 1 is 1.11 bits per heavy atom. The van der Waals surface area contributed by atoms with Crippen LogP contribution in [0, 0.1) is 6.92 Å². The highest BCUT2D eigenvalue weighted by molar-refractivity contribution is 6.31. The maximum absolute atomic E-state index is 11.1. The molecule has 92 valence electrons. The molecule has 2 rings (SSSR count). The third-order valence-corrected chi connectivity index (χ3v) is 3.10. The molecule has 0 aromatic heterocycles. The molecule has 0 atom stereocenters. The molecule has 0 aliphatic carbocycles. The number of benzene rings is 2. The van der Waals surface area contributed by atoms with Crippen LogP contribution in [0.1, 0.15) is 15.9 Å². The molecular weight excluding hydrogens is 248 g/mol. The Morgan fingerprint density at radius 2 is 1.83 bits per heavy atom. The number of carbonyl (C=O) groups excluding carboxylic acids is 1. The number of methoxy groups -OCH3 is 1. The zero-order valence-corrected chi connectivity index (χ0v) is 11.0. The molecule has 0 spiro atoms. The van der Waals surface area contributed by atoms with Gasteiger partial charge in [-0.15, -0.1) is 0 Å². The molecule has 0 aliphatic heterocycles. The van der Waals surface area contributed by atoms with Gasteiger partial charge in [0.25, 0.3) is 0 Å². The van der Waals surface area contributed by atoms with E-state index in [9.17, 15) is 4.79 Å². The van der Waals surface area contributed by atoms with Crippen molar-refractivity contribution in [2.24, 2.45) is 0 Å². The number of carbonyl (C=O) groups is 1. The van der Waals surface area contributed by atoms with Gasteiger partial charge in [-0.3, -0.25) is 4.79 Å². The van der Waals surface area contributed by atoms with E-state index >= 15 is 0 Å². The fourth-order valence-electron chi connectivity index (χ4n) is 1.94. The zero-order valence-electron chi connectivity index (χ0n) is 10.2. The van der Waals surface area contributed by atoms with Crippen molar-refractivity contribution in [3.05, 3.63) is 52.5 Å². The first-order valence-electron chi connectivity index (χ1n) is 5.55. The average Bonchev–Trinajstić information content (AvgIpc) is 2.39. The molecule has 2 nitrogen and oxygen atoms in total. The molecule has 2 aromatic carbocycles. The van der Waals surface area contributed by atoms with Crippen LogP contribution in [0.5, 0.6) is 5.75 Å². The van der Waals surface area contributed by atoms with Gasteiger partial charge in [0.2, 0.25) is 0 Å². The zero-order chi connectivity index (χ0) is 13.1. The van der Waals surface area contributed by atoms with Gasteiger partial charge >= 0.3 is 0 Å². The lowest BCUT2D eigenvalue weighted by molar-refractivity contribution is 0.112. The van der Waals surface area contributed by atoms with Gasteiger partial charge in [0.05, 0.1) is 7.11 Å². The second kappa shape index (κ2) is 5.23. The van der Waals surface area contributed by atoms with E-state index in [4.69, 9.17) is 16.3 Å². The minimum Gasteiger partial charge on any atom is -0.497 e. The monoisotopic (exact) mass is 260 g/mol. The summed E-state index contributed by atoms with van der Waals surface area (Å²) in [6.07, 6.45) is 0.824. The van der Waals surface area contributed by atoms with E-state index in [0.717, 1.165) is 28.7 Å². The summed E-state index contributed by atoms with van der Waals surface area (Å²) in [4.78, 5) is 11.1. The van der Waals surface area contributed by atoms with Crippen LogP contribution in [0.4, 0.5) is 0 Å². The third kappa shape index (κ3) is 2.39. The van der Waals surface area contributed by atoms with Crippen molar-refractivity contribution in [3.8, 4) is 16.9 Å². The molecule has 2 aromatic rings. The third-order valence-electron chi connectivity index (χ3n) is 2.86. The van der Waals surface area contributed by atoms with E-state index in [0.29, 0.717) is 10.6 Å². The fourth-order valence-corrected chi connectivity index (χ4v) is 2.12. The SMILES string of the molecule is COc1ccc(-c2ccc(Cl)cc2C=O)c(C)c1. The summed E-state index contributed by atoms with van der Waals surface area (Å²) in [6.45, 7) is 1.99. The Morgan fingerprint density at radius 3 is 2.44 bits per heavy atom. The molecule has 0 N–H and O–H groups in total. The van der Waals surface area contributed by atoms with Crippen LogP contribution in [-0.2, 0) is 0 Å². The molecule has 0 heterocycles. The van der Waals surface area contributed by atoms with Crippen LogP contribution in [-0.4, -0.2) is 13.4 Å². The molecule has 0 aliphatic rings. The van der Waals surface area contributed by atoms with Gasteiger partial charge in [0, 0.05) is 10.6 Å². The Hall–Kier alpha value is -1.80. The summed E-state index contributed by atoms with van der Waals surface area (Å²) in [7, 11) is 1.63. The number of rotatable bonds is 3. The van der Waals surface area contributed by atoms with Crippen LogP contribution in [0.2, 0.25) is 5.02 Å². The van der Waals surface area contributed by atoms with Crippen LogP contribution in [0.25, 0.3) is 11.1 Å². The van der Waals surface area contributed by atoms with Gasteiger partial charge in [-0.2, -0.15) is 0 Å². The van der Waals surface area contributed by atoms with Crippen molar-refractivity contribution >= 4 is 17.9 Å². The van der Waals surface area contributed by atoms with Gasteiger partial charge < -0.3 is 4.74 Å². The quantitative estimate of drug-likeness (QED) is 0.776. The molecule has 0 amide bonds. The standard InChI is InChI=1S/C15H13ClO2/c1-10-7-13(18-2)4-6-14(10)15-5-3-12(16)8-11(15)9-17/h3-9H,1-2H3. The number of ether oxygens (including phenoxy) is 1. The van der Waals surface area contributed by atoms with Crippen molar-refractivity contribution in [2.45, 2.75) is 6.92 Å². The fraction of sp³-hybridized carbons (Fsp3) is 0.133. The molecular formula is C15H13ClO2. The van der Waals surface area contributed by atoms with E-state index in [1.54, 1.807) is 19.2 Å². The minimum absolute atomic E-state index is 0.562. The van der Waals surface area contributed by atoms with Crippen LogP contribution >= 0.6 is 11.6 Å². The summed E-state index contributed by atoms with van der Waals surface area (Å²) < 4.78 is 5.17. The van der Waals surface area contributed by atoms with Gasteiger partial charge in [0.15, 0.2) is 6.29 Å². The molecule has 0 radical (unpaired) electrons. The molecule has 0 fully saturated rings. The van der Waals surface area contributed by atoms with Crippen LogP contribution in [0.3, 0.4) is 0 Å². The summed E-state index contributed by atoms with van der Waals surface area (Å²) in [5.41, 5.74) is 3.54. The average molecular weight is 261 g/mol. The Kier molecular flexibility index (Phi) is 3.68. The Balaban J connectivity index is 2.58. The first-order chi connectivity index (χ1) is 8.65. The van der Waals surface area contributed by atoms with Gasteiger partial charge in [-0.25, -0.2) is 0 Å². The molecule has 0 bridgehead atoms. The van der Waals surface area contributed by atoms with Gasteiger partial charge in [-0.05, 0) is 47.9 Å². The highest BCUT2D eigenvalue weighted by Crippen LogP contribution is 2.30. The lowest BCUT2D eigenvalue weighted by atomic mass is 9.96. The highest BCUT2D eigenvalue weighted by Gasteiger charge is 2.08. The highest BCUT2D eigenvalue weighted by atomic mass is 35.5. The number of halogens is 1. The number of aldehydes is 1. The lowest BCUT2D eigenvalue weighted by Gasteiger charge is -2.10.